The monoisotopic (exact) mass is 204 g/mol. The smallest absolute Gasteiger partial charge is 0.0906 e. The van der Waals surface area contributed by atoms with Gasteiger partial charge in [0.15, 0.2) is 0 Å². The summed E-state index contributed by atoms with van der Waals surface area (Å²) in [6.45, 7) is 2.16. The molecule has 0 aromatic heterocycles. The highest BCUT2D eigenvalue weighted by molar-refractivity contribution is 4.86. The van der Waals surface area contributed by atoms with Gasteiger partial charge >= 0.3 is 0 Å². The molecule has 3 nitrogen and oxygen atoms in total. The lowest BCUT2D eigenvalue weighted by Crippen LogP contribution is -2.38. The van der Waals surface area contributed by atoms with Crippen molar-refractivity contribution in [2.24, 2.45) is 0 Å². The molecule has 0 aromatic carbocycles. The molecule has 0 bridgehead atoms. The van der Waals surface area contributed by atoms with E-state index >= 15 is 0 Å². The Morgan fingerprint density at radius 1 is 1.50 bits per heavy atom. The van der Waals surface area contributed by atoms with Crippen molar-refractivity contribution >= 4 is 0 Å². The average Bonchev–Trinajstić information content (AvgIpc) is 2.41. The quantitative estimate of drug-likeness (QED) is 0.699. The molecule has 2 atom stereocenters. The number of hydrogen-bond acceptors (Lipinski definition) is 3. The van der Waals surface area contributed by atoms with E-state index in [1.807, 2.05) is 14.1 Å². The van der Waals surface area contributed by atoms with Gasteiger partial charge in [0.05, 0.1) is 12.8 Å². The third kappa shape index (κ3) is 3.52. The maximum Gasteiger partial charge on any atom is 0.0906 e. The topological polar surface area (TPSA) is 26.7 Å². The number of aliphatic hydroxyl groups is 1. The maximum absolute atomic E-state index is 12.0. The molecule has 84 valence electrons. The molecule has 1 saturated heterocycles. The van der Waals surface area contributed by atoms with E-state index in [-0.39, 0.29) is 12.8 Å². The molecule has 1 aliphatic heterocycles. The molecule has 1 fully saturated rings. The van der Waals surface area contributed by atoms with E-state index in [0.717, 1.165) is 19.5 Å². The van der Waals surface area contributed by atoms with Crippen LogP contribution < -0.4 is 0 Å². The van der Waals surface area contributed by atoms with Crippen LogP contribution in [0.1, 0.15) is 12.8 Å². The molecule has 1 aliphatic rings. The zero-order valence-corrected chi connectivity index (χ0v) is 9.12. The van der Waals surface area contributed by atoms with Gasteiger partial charge in [0.2, 0.25) is 0 Å². The Balaban J connectivity index is 2.37. The molecule has 1 N–H and O–H groups in total. The van der Waals surface area contributed by atoms with Crippen molar-refractivity contribution in [2.75, 3.05) is 40.4 Å². The molecular weight excluding hydrogens is 183 g/mol. The number of aliphatic hydroxyl groups excluding tert-OH is 1. The summed E-state index contributed by atoms with van der Waals surface area (Å²) in [6, 6.07) is 0.395. The molecule has 0 aromatic rings. The number of halogens is 1. The summed E-state index contributed by atoms with van der Waals surface area (Å²) >= 11 is 0. The van der Waals surface area contributed by atoms with Crippen molar-refractivity contribution in [2.45, 2.75) is 25.0 Å². The van der Waals surface area contributed by atoms with E-state index in [0.29, 0.717) is 19.0 Å². The summed E-state index contributed by atoms with van der Waals surface area (Å²) in [5.74, 6) is 0. The maximum atomic E-state index is 12.0. The number of rotatable bonds is 5. The van der Waals surface area contributed by atoms with Crippen LogP contribution >= 0.6 is 0 Å². The van der Waals surface area contributed by atoms with Crippen LogP contribution in [0.4, 0.5) is 4.39 Å². The standard InChI is InChI=1S/C10H21FN2O/c1-12(2)7-9-6-10(14)8-13(9)5-3-4-11/h9-10,14H,3-8H2,1-2H3. The van der Waals surface area contributed by atoms with Crippen LogP contribution in [0.5, 0.6) is 0 Å². The zero-order valence-electron chi connectivity index (χ0n) is 9.12. The van der Waals surface area contributed by atoms with E-state index in [1.54, 1.807) is 0 Å². The highest BCUT2D eigenvalue weighted by Crippen LogP contribution is 2.18. The minimum atomic E-state index is -0.263. The number of hydrogen-bond donors (Lipinski definition) is 1. The van der Waals surface area contributed by atoms with Crippen LogP contribution in [0.2, 0.25) is 0 Å². The molecule has 1 heterocycles. The van der Waals surface area contributed by atoms with Gasteiger partial charge in [0, 0.05) is 25.7 Å². The molecule has 2 unspecified atom stereocenters. The Labute approximate surface area is 85.5 Å². The van der Waals surface area contributed by atoms with Crippen molar-refractivity contribution in [3.8, 4) is 0 Å². The van der Waals surface area contributed by atoms with Crippen LogP contribution in [0.25, 0.3) is 0 Å². The van der Waals surface area contributed by atoms with Crippen molar-refractivity contribution in [3.63, 3.8) is 0 Å². The van der Waals surface area contributed by atoms with E-state index in [4.69, 9.17) is 0 Å². The first-order valence-electron chi connectivity index (χ1n) is 5.26. The van der Waals surface area contributed by atoms with E-state index in [2.05, 4.69) is 9.80 Å². The van der Waals surface area contributed by atoms with Crippen LogP contribution in [-0.2, 0) is 0 Å². The predicted molar refractivity (Wildman–Crippen MR) is 55.1 cm³/mol. The molecule has 0 saturated carbocycles. The summed E-state index contributed by atoms with van der Waals surface area (Å²) in [6.07, 6.45) is 1.18. The van der Waals surface area contributed by atoms with E-state index in [9.17, 15) is 9.50 Å². The summed E-state index contributed by atoms with van der Waals surface area (Å²) in [5, 5.41) is 9.53. The first-order valence-corrected chi connectivity index (χ1v) is 5.26. The lowest BCUT2D eigenvalue weighted by atomic mass is 10.2. The van der Waals surface area contributed by atoms with E-state index < -0.39 is 0 Å². The SMILES string of the molecule is CN(C)CC1CC(O)CN1CCCF. The fourth-order valence-electron chi connectivity index (χ4n) is 2.11. The average molecular weight is 204 g/mol. The summed E-state index contributed by atoms with van der Waals surface area (Å²) in [4.78, 5) is 4.31. The Hall–Kier alpha value is -0.190. The molecular formula is C10H21FN2O. The lowest BCUT2D eigenvalue weighted by Gasteiger charge is -2.26. The number of alkyl halides is 1. The third-order valence-corrected chi connectivity index (χ3v) is 2.66. The van der Waals surface area contributed by atoms with Gasteiger partial charge in [-0.1, -0.05) is 0 Å². The highest BCUT2D eigenvalue weighted by atomic mass is 19.1. The van der Waals surface area contributed by atoms with Gasteiger partial charge in [-0.2, -0.15) is 0 Å². The van der Waals surface area contributed by atoms with Crippen LogP contribution in [-0.4, -0.2) is 67.5 Å². The second-order valence-electron chi connectivity index (χ2n) is 4.34. The lowest BCUT2D eigenvalue weighted by molar-refractivity contribution is 0.170. The largest absolute Gasteiger partial charge is 0.392 e. The first-order chi connectivity index (χ1) is 6.63. The van der Waals surface area contributed by atoms with Gasteiger partial charge in [-0.05, 0) is 26.9 Å². The predicted octanol–water partition coefficient (Wildman–Crippen LogP) is 0.343. The van der Waals surface area contributed by atoms with Crippen molar-refractivity contribution in [1.82, 2.24) is 9.80 Å². The Morgan fingerprint density at radius 3 is 2.79 bits per heavy atom. The van der Waals surface area contributed by atoms with Gasteiger partial charge in [0.25, 0.3) is 0 Å². The summed E-state index contributed by atoms with van der Waals surface area (Å²) < 4.78 is 12.0. The minimum absolute atomic E-state index is 0.223. The fourth-order valence-corrected chi connectivity index (χ4v) is 2.11. The van der Waals surface area contributed by atoms with Gasteiger partial charge in [0.1, 0.15) is 0 Å². The van der Waals surface area contributed by atoms with Crippen molar-refractivity contribution in [1.29, 1.82) is 0 Å². The first kappa shape index (κ1) is 11.9. The molecule has 4 heteroatoms. The number of β-amino-alcohol motifs (C(OH)–C–C–N with tert-alkyl or cyclic N) is 1. The molecule has 0 spiro atoms. The minimum Gasteiger partial charge on any atom is -0.392 e. The van der Waals surface area contributed by atoms with Crippen molar-refractivity contribution < 1.29 is 9.50 Å². The molecule has 0 amide bonds. The normalized spacial score (nSPS) is 28.9. The van der Waals surface area contributed by atoms with E-state index in [1.165, 1.54) is 0 Å². The van der Waals surface area contributed by atoms with Crippen LogP contribution in [0.3, 0.4) is 0 Å². The van der Waals surface area contributed by atoms with Gasteiger partial charge in [-0.15, -0.1) is 0 Å². The summed E-state index contributed by atoms with van der Waals surface area (Å²) in [7, 11) is 4.05. The highest BCUT2D eigenvalue weighted by Gasteiger charge is 2.30. The Morgan fingerprint density at radius 2 is 2.21 bits per heavy atom. The number of nitrogens with zero attached hydrogens (tertiary/aromatic N) is 2. The van der Waals surface area contributed by atoms with Crippen molar-refractivity contribution in [3.05, 3.63) is 0 Å². The zero-order chi connectivity index (χ0) is 10.6. The van der Waals surface area contributed by atoms with Gasteiger partial charge < -0.3 is 10.0 Å². The molecule has 0 radical (unpaired) electrons. The molecule has 1 rings (SSSR count). The second kappa shape index (κ2) is 5.63. The number of likely N-dealkylation sites (N-methyl/N-ethyl adjacent to an activating group) is 1. The second-order valence-corrected chi connectivity index (χ2v) is 4.34. The van der Waals surface area contributed by atoms with Crippen LogP contribution in [0, 0.1) is 0 Å². The van der Waals surface area contributed by atoms with Crippen LogP contribution in [0.15, 0.2) is 0 Å². The Bertz CT molecular complexity index is 166. The Kier molecular flexibility index (Phi) is 4.78. The van der Waals surface area contributed by atoms with Gasteiger partial charge in [-0.25, -0.2) is 0 Å². The molecule has 14 heavy (non-hydrogen) atoms. The molecule has 0 aliphatic carbocycles. The third-order valence-electron chi connectivity index (χ3n) is 2.66. The fraction of sp³-hybridized carbons (Fsp3) is 1.00. The summed E-state index contributed by atoms with van der Waals surface area (Å²) in [5.41, 5.74) is 0. The number of likely N-dealkylation sites (tertiary alicyclic amines) is 1. The van der Waals surface area contributed by atoms with Gasteiger partial charge in [-0.3, -0.25) is 9.29 Å².